The van der Waals surface area contributed by atoms with Crippen molar-refractivity contribution in [2.45, 2.75) is 72.3 Å². The van der Waals surface area contributed by atoms with Crippen LogP contribution < -0.4 is 16.4 Å². The van der Waals surface area contributed by atoms with Crippen LogP contribution in [0.1, 0.15) is 48.0 Å². The van der Waals surface area contributed by atoms with Crippen LogP contribution in [0.2, 0.25) is 0 Å². The Hall–Kier alpha value is -1.89. The van der Waals surface area contributed by atoms with Crippen LogP contribution in [0.25, 0.3) is 0 Å². The molecule has 35 heavy (non-hydrogen) atoms. The van der Waals surface area contributed by atoms with E-state index in [1.807, 2.05) is 13.8 Å². The molecule has 0 bridgehead atoms. The largest absolute Gasteiger partial charge is 0.465 e. The summed E-state index contributed by atoms with van der Waals surface area (Å²) in [6.45, 7) is 10.7. The fraction of sp³-hybridized carbons (Fsp3) is 0.826. The van der Waals surface area contributed by atoms with Gasteiger partial charge in [-0.15, -0.1) is 0 Å². The Morgan fingerprint density at radius 2 is 1.54 bits per heavy atom. The van der Waals surface area contributed by atoms with Gasteiger partial charge in [-0.3, -0.25) is 19.2 Å². The van der Waals surface area contributed by atoms with Crippen molar-refractivity contribution in [2.75, 3.05) is 37.9 Å². The number of nitrogens with one attached hydrogen (secondary N) is 2. The van der Waals surface area contributed by atoms with Crippen molar-refractivity contribution in [3.05, 3.63) is 0 Å². The second-order valence-corrected chi connectivity index (χ2v) is 10.00. The maximum atomic E-state index is 12.4. The average molecular weight is 522 g/mol. The van der Waals surface area contributed by atoms with E-state index >= 15 is 0 Å². The van der Waals surface area contributed by atoms with Crippen LogP contribution in [0.5, 0.6) is 0 Å². The highest BCUT2D eigenvalue weighted by Gasteiger charge is 2.24. The lowest BCUT2D eigenvalue weighted by atomic mass is 10.2. The normalized spacial score (nSPS) is 13.9. The minimum atomic E-state index is -1.13. The highest BCUT2D eigenvalue weighted by molar-refractivity contribution is 7.99. The van der Waals surface area contributed by atoms with Crippen LogP contribution in [0.3, 0.4) is 0 Å². The number of esters is 2. The summed E-state index contributed by atoms with van der Waals surface area (Å²) in [6.07, 6.45) is -0.174. The standard InChI is InChI=1S/C23H43N3O8S/c1-14(2)22(30)33-9-7-17(34-23(31)15(3)4)12-35-13-18(24)20(28)26-19(11-27)21(29)25-8-10-32-16(5)6/h14-19,27H,7-13,24H2,1-6H3,(H,25,29)(H,26,28)/t17-,18+,19+/m1/s1. The van der Waals surface area contributed by atoms with Gasteiger partial charge in [0.1, 0.15) is 12.1 Å². The fourth-order valence-electron chi connectivity index (χ4n) is 2.40. The molecular weight excluding hydrogens is 478 g/mol. The molecule has 0 fully saturated rings. The Kier molecular flexibility index (Phi) is 17.4. The second kappa shape index (κ2) is 18.4. The average Bonchev–Trinajstić information content (AvgIpc) is 2.78. The second-order valence-electron chi connectivity index (χ2n) is 8.92. The summed E-state index contributed by atoms with van der Waals surface area (Å²) in [4.78, 5) is 48.2. The highest BCUT2D eigenvalue weighted by Crippen LogP contribution is 2.13. The van der Waals surface area contributed by atoms with E-state index in [2.05, 4.69) is 10.6 Å². The van der Waals surface area contributed by atoms with E-state index in [0.717, 1.165) is 0 Å². The molecule has 0 saturated heterocycles. The van der Waals surface area contributed by atoms with Gasteiger partial charge in [0, 0.05) is 24.5 Å². The molecule has 0 aromatic heterocycles. The van der Waals surface area contributed by atoms with E-state index in [0.29, 0.717) is 18.8 Å². The number of carbonyl (C=O) groups is 4. The molecule has 0 unspecified atom stereocenters. The lowest BCUT2D eigenvalue weighted by molar-refractivity contribution is -0.154. The van der Waals surface area contributed by atoms with Crippen LogP contribution >= 0.6 is 11.8 Å². The molecule has 0 rings (SSSR count). The summed E-state index contributed by atoms with van der Waals surface area (Å²) >= 11 is 1.30. The lowest BCUT2D eigenvalue weighted by Crippen LogP contribution is -2.54. The number of thioether (sulfide) groups is 1. The van der Waals surface area contributed by atoms with E-state index in [1.54, 1.807) is 27.7 Å². The van der Waals surface area contributed by atoms with E-state index < -0.39 is 36.6 Å². The van der Waals surface area contributed by atoms with Crippen LogP contribution in [0.4, 0.5) is 0 Å². The van der Waals surface area contributed by atoms with E-state index in [-0.39, 0.29) is 48.8 Å². The van der Waals surface area contributed by atoms with Crippen molar-refractivity contribution in [3.8, 4) is 0 Å². The van der Waals surface area contributed by atoms with Crippen molar-refractivity contribution in [3.63, 3.8) is 0 Å². The summed E-state index contributed by atoms with van der Waals surface area (Å²) in [7, 11) is 0. The van der Waals surface area contributed by atoms with Gasteiger partial charge < -0.3 is 35.7 Å². The number of ether oxygens (including phenoxy) is 3. The monoisotopic (exact) mass is 521 g/mol. The molecule has 0 heterocycles. The Morgan fingerprint density at radius 1 is 0.914 bits per heavy atom. The SMILES string of the molecule is CC(C)OCCNC(=O)[C@H](CO)NC(=O)[C@@H](N)CSC[C@@H](CCOC(=O)C(C)C)OC(=O)C(C)C. The van der Waals surface area contributed by atoms with Crippen molar-refractivity contribution >= 4 is 35.5 Å². The summed E-state index contributed by atoms with van der Waals surface area (Å²) in [5.41, 5.74) is 5.94. The number of rotatable bonds is 18. The predicted molar refractivity (Wildman–Crippen MR) is 134 cm³/mol. The molecule has 5 N–H and O–H groups in total. The summed E-state index contributed by atoms with van der Waals surface area (Å²) in [5.74, 6) is -1.86. The molecule has 0 aromatic rings. The number of aliphatic hydroxyl groups excluding tert-OH is 1. The molecule has 0 aromatic carbocycles. The Morgan fingerprint density at radius 3 is 2.09 bits per heavy atom. The van der Waals surface area contributed by atoms with Crippen LogP contribution in [0, 0.1) is 11.8 Å². The number of carbonyl (C=O) groups excluding carboxylic acids is 4. The Labute approximate surface area is 212 Å². The zero-order valence-electron chi connectivity index (χ0n) is 21.7. The number of hydrogen-bond acceptors (Lipinski definition) is 10. The fourth-order valence-corrected chi connectivity index (χ4v) is 3.44. The zero-order chi connectivity index (χ0) is 27.0. The third-order valence-electron chi connectivity index (χ3n) is 4.52. The Bertz CT molecular complexity index is 661. The van der Waals surface area contributed by atoms with E-state index in [4.69, 9.17) is 19.9 Å². The minimum Gasteiger partial charge on any atom is -0.465 e. The maximum Gasteiger partial charge on any atom is 0.308 e. The van der Waals surface area contributed by atoms with Gasteiger partial charge in [-0.05, 0) is 13.8 Å². The topological polar surface area (TPSA) is 166 Å². The number of aliphatic hydroxyl groups is 1. The summed E-state index contributed by atoms with van der Waals surface area (Å²) < 4.78 is 16.0. The van der Waals surface area contributed by atoms with Gasteiger partial charge >= 0.3 is 11.9 Å². The molecule has 0 aliphatic heterocycles. The van der Waals surface area contributed by atoms with Crippen LogP contribution in [-0.4, -0.2) is 91.0 Å². The highest BCUT2D eigenvalue weighted by atomic mass is 32.2. The predicted octanol–water partition coefficient (Wildman–Crippen LogP) is 0.222. The number of hydrogen-bond donors (Lipinski definition) is 4. The molecule has 0 spiro atoms. The third kappa shape index (κ3) is 15.7. The lowest BCUT2D eigenvalue weighted by Gasteiger charge is -2.21. The van der Waals surface area contributed by atoms with E-state index in [9.17, 15) is 24.3 Å². The molecule has 204 valence electrons. The first-order valence-electron chi connectivity index (χ1n) is 11.9. The number of nitrogens with two attached hydrogens (primary N) is 1. The van der Waals surface area contributed by atoms with E-state index in [1.165, 1.54) is 11.8 Å². The molecule has 3 atom stereocenters. The van der Waals surface area contributed by atoms with Gasteiger partial charge in [-0.2, -0.15) is 11.8 Å². The molecule has 0 saturated carbocycles. The van der Waals surface area contributed by atoms with Gasteiger partial charge in [0.25, 0.3) is 0 Å². The smallest absolute Gasteiger partial charge is 0.308 e. The van der Waals surface area contributed by atoms with Crippen molar-refractivity contribution in [1.82, 2.24) is 10.6 Å². The van der Waals surface area contributed by atoms with Crippen molar-refractivity contribution < 1.29 is 38.5 Å². The number of amides is 2. The van der Waals surface area contributed by atoms with Crippen LogP contribution in [-0.2, 0) is 33.4 Å². The zero-order valence-corrected chi connectivity index (χ0v) is 22.5. The molecular formula is C23H43N3O8S. The van der Waals surface area contributed by atoms with Crippen molar-refractivity contribution in [1.29, 1.82) is 0 Å². The molecule has 12 heteroatoms. The van der Waals surface area contributed by atoms with Crippen LogP contribution in [0.15, 0.2) is 0 Å². The molecule has 11 nitrogen and oxygen atoms in total. The van der Waals surface area contributed by atoms with Gasteiger partial charge in [0.2, 0.25) is 11.8 Å². The first-order valence-corrected chi connectivity index (χ1v) is 13.0. The molecule has 2 amide bonds. The molecule has 0 aliphatic rings. The first-order chi connectivity index (χ1) is 16.4. The molecule has 0 aliphatic carbocycles. The van der Waals surface area contributed by atoms with Gasteiger partial charge in [-0.1, -0.05) is 27.7 Å². The molecule has 0 radical (unpaired) electrons. The summed E-state index contributed by atoms with van der Waals surface area (Å²) in [6, 6.07) is -2.08. The summed E-state index contributed by atoms with van der Waals surface area (Å²) in [5, 5.41) is 14.5. The van der Waals surface area contributed by atoms with Gasteiger partial charge in [0.05, 0.1) is 43.8 Å². The Balaban J connectivity index is 4.62. The first kappa shape index (κ1) is 33.1. The quantitative estimate of drug-likeness (QED) is 0.145. The van der Waals surface area contributed by atoms with Crippen molar-refractivity contribution in [2.24, 2.45) is 17.6 Å². The van der Waals surface area contributed by atoms with Gasteiger partial charge in [-0.25, -0.2) is 0 Å². The maximum absolute atomic E-state index is 12.4. The van der Waals surface area contributed by atoms with Gasteiger partial charge in [0.15, 0.2) is 0 Å². The third-order valence-corrected chi connectivity index (χ3v) is 5.72. The minimum absolute atomic E-state index is 0.0271.